The number of hydrogen-bond donors (Lipinski definition) is 0. The molecule has 0 amide bonds. The summed E-state index contributed by atoms with van der Waals surface area (Å²) >= 11 is 6.75. The fourth-order valence-corrected chi connectivity index (χ4v) is 4.35. The maximum Gasteiger partial charge on any atom is 0.452 e. The van der Waals surface area contributed by atoms with Crippen molar-refractivity contribution in [2.75, 3.05) is 0 Å². The number of alkyl halides is 4. The average Bonchev–Trinajstić information content (AvgIpc) is 3.12. The van der Waals surface area contributed by atoms with Crippen molar-refractivity contribution < 1.29 is 17.6 Å². The third-order valence-electron chi connectivity index (χ3n) is 6.25. The molecule has 3 aromatic rings. The Morgan fingerprint density at radius 3 is 2.34 bits per heavy atom. The van der Waals surface area contributed by atoms with Gasteiger partial charge in [-0.2, -0.15) is 13.2 Å². The number of hydrogen-bond acceptors (Lipinski definition) is 4. The maximum atomic E-state index is 13.2. The fraction of sp³-hybridized carbons (Fsp3) is 0.500. The summed E-state index contributed by atoms with van der Waals surface area (Å²) in [6, 6.07) is 5.33. The van der Waals surface area contributed by atoms with Crippen molar-refractivity contribution in [2.45, 2.75) is 70.9 Å². The van der Waals surface area contributed by atoms with Gasteiger partial charge >= 0.3 is 6.18 Å². The largest absolute Gasteiger partial charge is 0.452 e. The Hall–Kier alpha value is -1.97. The molecule has 3 rings (SSSR count). The number of halogens is 4. The molecule has 1 atom stereocenters. The van der Waals surface area contributed by atoms with Gasteiger partial charge in [-0.15, -0.1) is 21.8 Å². The Morgan fingerprint density at radius 1 is 1.09 bits per heavy atom. The van der Waals surface area contributed by atoms with Crippen LogP contribution in [-0.2, 0) is 17.2 Å². The van der Waals surface area contributed by atoms with Crippen molar-refractivity contribution in [3.63, 3.8) is 0 Å². The zero-order chi connectivity index (χ0) is 24.1. The van der Waals surface area contributed by atoms with Crippen LogP contribution in [0, 0.1) is 13.8 Å². The molecular weight excluding hydrogens is 457 g/mol. The second-order valence-corrected chi connectivity index (χ2v) is 14.8. The van der Waals surface area contributed by atoms with Crippen LogP contribution in [0.25, 0.3) is 5.65 Å². The molecule has 0 radical (unpaired) electrons. The second-order valence-electron chi connectivity index (χ2n) is 9.52. The van der Waals surface area contributed by atoms with Crippen molar-refractivity contribution in [1.29, 1.82) is 0 Å². The summed E-state index contributed by atoms with van der Waals surface area (Å²) in [5.41, 5.74) is 3.68. The molecule has 10 heteroatoms. The van der Waals surface area contributed by atoms with E-state index in [-0.39, 0.29) is 10.7 Å². The van der Waals surface area contributed by atoms with E-state index in [4.69, 9.17) is 21.0 Å². The Kier molecular flexibility index (Phi) is 6.49. The van der Waals surface area contributed by atoms with Crippen LogP contribution in [0.3, 0.4) is 0 Å². The van der Waals surface area contributed by atoms with Crippen LogP contribution < -0.4 is 0 Å². The van der Waals surface area contributed by atoms with Gasteiger partial charge in [-0.1, -0.05) is 26.8 Å². The topological polar surface area (TPSA) is 52.3 Å². The molecule has 0 saturated heterocycles. The van der Waals surface area contributed by atoms with Gasteiger partial charge in [0, 0.05) is 6.20 Å². The zero-order valence-electron chi connectivity index (χ0n) is 19.3. The summed E-state index contributed by atoms with van der Waals surface area (Å²) in [6.07, 6.45) is -3.29. The van der Waals surface area contributed by atoms with E-state index in [0.29, 0.717) is 23.4 Å². The van der Waals surface area contributed by atoms with Gasteiger partial charge in [0.2, 0.25) is 5.82 Å². The molecule has 3 aromatic heterocycles. The number of rotatable bonds is 5. The van der Waals surface area contributed by atoms with E-state index in [1.54, 1.807) is 13.0 Å². The molecule has 0 spiro atoms. The summed E-state index contributed by atoms with van der Waals surface area (Å²) in [5, 5.41) is 6.46. The third-order valence-corrected chi connectivity index (χ3v) is 11.2. The Bertz CT molecular complexity index is 1140. The summed E-state index contributed by atoms with van der Waals surface area (Å²) in [5.74, 6) is -1.06. The molecule has 1 unspecified atom stereocenters. The first kappa shape index (κ1) is 24.7. The molecule has 0 aliphatic heterocycles. The summed E-state index contributed by atoms with van der Waals surface area (Å²) in [7, 11) is -1.95. The van der Waals surface area contributed by atoms with E-state index in [9.17, 15) is 13.2 Å². The summed E-state index contributed by atoms with van der Waals surface area (Å²) in [4.78, 5) is 4.74. The highest BCUT2D eigenvalue weighted by molar-refractivity contribution is 6.74. The van der Waals surface area contributed by atoms with Gasteiger partial charge in [0.1, 0.15) is 5.38 Å². The van der Waals surface area contributed by atoms with E-state index < -0.39 is 25.7 Å². The monoisotopic (exact) mass is 484 g/mol. The molecule has 5 nitrogen and oxygen atoms in total. The van der Waals surface area contributed by atoms with E-state index in [2.05, 4.69) is 44.1 Å². The lowest BCUT2D eigenvalue weighted by Gasteiger charge is -2.36. The third kappa shape index (κ3) is 4.70. The minimum Gasteiger partial charge on any atom is -0.411 e. The highest BCUT2D eigenvalue weighted by atomic mass is 35.5. The van der Waals surface area contributed by atoms with E-state index in [1.165, 1.54) is 6.20 Å². The number of nitrogens with zero attached hydrogens (tertiary/aromatic N) is 4. The van der Waals surface area contributed by atoms with Gasteiger partial charge in [0.05, 0.1) is 18.0 Å². The SMILES string of the molecule is Cc1ccc(C(Cl)c2ccn3c(C(F)(F)F)nnc3c2C)nc1CO[Si](C)(C)C(C)(C)C. The highest BCUT2D eigenvalue weighted by Gasteiger charge is 2.38. The average molecular weight is 485 g/mol. The van der Waals surface area contributed by atoms with E-state index >= 15 is 0 Å². The molecule has 0 aliphatic carbocycles. The zero-order valence-corrected chi connectivity index (χ0v) is 21.1. The Balaban J connectivity index is 1.93. The molecule has 0 fully saturated rings. The van der Waals surface area contributed by atoms with Crippen molar-refractivity contribution in [2.24, 2.45) is 0 Å². The van der Waals surface area contributed by atoms with Gasteiger partial charge in [-0.05, 0) is 60.8 Å². The Labute approximate surface area is 192 Å². The van der Waals surface area contributed by atoms with Crippen LogP contribution >= 0.6 is 11.6 Å². The number of aryl methyl sites for hydroxylation is 2. The molecule has 0 N–H and O–H groups in total. The van der Waals surface area contributed by atoms with Crippen LogP contribution in [0.5, 0.6) is 0 Å². The molecule has 0 bridgehead atoms. The highest BCUT2D eigenvalue weighted by Crippen LogP contribution is 2.38. The minimum atomic E-state index is -4.59. The molecule has 3 heterocycles. The first-order valence-electron chi connectivity index (χ1n) is 10.3. The van der Waals surface area contributed by atoms with E-state index in [1.807, 2.05) is 19.1 Å². The maximum absolute atomic E-state index is 13.2. The predicted octanol–water partition coefficient (Wildman–Crippen LogP) is 6.61. The number of fused-ring (bicyclic) bond motifs is 1. The lowest BCUT2D eigenvalue weighted by atomic mass is 10.0. The van der Waals surface area contributed by atoms with Crippen molar-refractivity contribution in [1.82, 2.24) is 19.6 Å². The van der Waals surface area contributed by atoms with Crippen molar-refractivity contribution >= 4 is 25.6 Å². The summed E-state index contributed by atoms with van der Waals surface area (Å²) < 4.78 is 46.7. The molecular formula is C22H28ClF3N4OSi. The molecule has 0 aliphatic rings. The molecule has 0 aromatic carbocycles. The Morgan fingerprint density at radius 2 is 1.75 bits per heavy atom. The van der Waals surface area contributed by atoms with Crippen LogP contribution in [0.1, 0.15) is 60.1 Å². The van der Waals surface area contributed by atoms with Gasteiger partial charge < -0.3 is 4.43 Å². The molecule has 32 heavy (non-hydrogen) atoms. The quantitative estimate of drug-likeness (QED) is 0.302. The van der Waals surface area contributed by atoms with Crippen LogP contribution in [-0.4, -0.2) is 27.9 Å². The predicted molar refractivity (Wildman–Crippen MR) is 121 cm³/mol. The summed E-state index contributed by atoms with van der Waals surface area (Å²) in [6.45, 7) is 14.9. The lowest BCUT2D eigenvalue weighted by molar-refractivity contribution is -0.145. The van der Waals surface area contributed by atoms with Crippen molar-refractivity contribution in [3.05, 3.63) is 58.3 Å². The fourth-order valence-electron chi connectivity index (χ4n) is 3.06. The van der Waals surface area contributed by atoms with Crippen LogP contribution in [0.15, 0.2) is 24.4 Å². The first-order chi connectivity index (χ1) is 14.6. The van der Waals surface area contributed by atoms with Gasteiger partial charge in [-0.25, -0.2) is 0 Å². The number of aromatic nitrogens is 4. The van der Waals surface area contributed by atoms with Gasteiger partial charge in [0.15, 0.2) is 14.0 Å². The van der Waals surface area contributed by atoms with E-state index in [0.717, 1.165) is 15.7 Å². The van der Waals surface area contributed by atoms with Crippen molar-refractivity contribution in [3.8, 4) is 0 Å². The minimum absolute atomic E-state index is 0.0770. The first-order valence-corrected chi connectivity index (χ1v) is 13.6. The van der Waals surface area contributed by atoms with Crippen LogP contribution in [0.2, 0.25) is 18.1 Å². The smallest absolute Gasteiger partial charge is 0.411 e. The molecule has 0 saturated carbocycles. The molecule has 174 valence electrons. The van der Waals surface area contributed by atoms with Gasteiger partial charge in [-0.3, -0.25) is 9.38 Å². The van der Waals surface area contributed by atoms with Gasteiger partial charge in [0.25, 0.3) is 0 Å². The normalized spacial score (nSPS) is 14.2. The second kappa shape index (κ2) is 8.42. The number of pyridine rings is 2. The standard InChI is InChI=1S/C22H28ClF3N4OSi/c1-13-8-9-16(27-17(13)12-31-32(6,7)21(3,4)5)18(23)15-10-11-30-19(14(15)2)28-29-20(30)22(24,25)26/h8-11,18H,12H2,1-7H3. The lowest BCUT2D eigenvalue weighted by Crippen LogP contribution is -2.40. The van der Waals surface area contributed by atoms with Crippen LogP contribution in [0.4, 0.5) is 13.2 Å².